The van der Waals surface area contributed by atoms with Crippen LogP contribution in [0.25, 0.3) is 6.08 Å². The highest BCUT2D eigenvalue weighted by atomic mass is 19.3. The van der Waals surface area contributed by atoms with Crippen LogP contribution in [-0.2, 0) is 4.79 Å². The molecular weight excluding hydrogens is 364 g/mol. The summed E-state index contributed by atoms with van der Waals surface area (Å²) < 4.78 is 39.1. The van der Waals surface area contributed by atoms with E-state index in [2.05, 4.69) is 4.74 Å². The van der Waals surface area contributed by atoms with Gasteiger partial charge in [0.05, 0.1) is 23.7 Å². The third-order valence-corrected chi connectivity index (χ3v) is 3.33. The summed E-state index contributed by atoms with van der Waals surface area (Å²) in [5.41, 5.74) is 0.310. The first-order valence-corrected chi connectivity index (χ1v) is 7.58. The maximum atomic E-state index is 12.4. The van der Waals surface area contributed by atoms with Crippen LogP contribution in [0.15, 0.2) is 42.5 Å². The smallest absolute Gasteiger partial charge is 0.387 e. The normalized spacial score (nSPS) is 10.9. The first-order valence-electron chi connectivity index (χ1n) is 7.58. The van der Waals surface area contributed by atoms with Crippen molar-refractivity contribution in [1.82, 2.24) is 0 Å². The highest BCUT2D eigenvalue weighted by Crippen LogP contribution is 2.36. The van der Waals surface area contributed by atoms with Crippen LogP contribution < -0.4 is 14.2 Å². The molecule has 9 heteroatoms. The van der Waals surface area contributed by atoms with E-state index in [1.807, 2.05) is 13.0 Å². The molecule has 0 fully saturated rings. The number of carbonyl (C=O) groups excluding carboxylic acids is 1. The molecule has 0 unspecified atom stereocenters. The van der Waals surface area contributed by atoms with E-state index >= 15 is 0 Å². The Hall–Kier alpha value is -3.49. The SMILES string of the molecule is COc1cc(/C=C/C(=O)Oc2cccc(C)c2)c([N+](=O)[O-])cc1OC(F)F. The Morgan fingerprint density at radius 3 is 2.56 bits per heavy atom. The summed E-state index contributed by atoms with van der Waals surface area (Å²) in [6.45, 7) is -1.35. The maximum Gasteiger partial charge on any atom is 0.387 e. The Morgan fingerprint density at radius 2 is 1.96 bits per heavy atom. The van der Waals surface area contributed by atoms with E-state index in [0.717, 1.165) is 29.8 Å². The molecule has 0 aliphatic carbocycles. The van der Waals surface area contributed by atoms with Crippen LogP contribution in [0, 0.1) is 17.0 Å². The molecule has 0 heterocycles. The van der Waals surface area contributed by atoms with Crippen LogP contribution in [0.4, 0.5) is 14.5 Å². The van der Waals surface area contributed by atoms with Crippen molar-refractivity contribution < 1.29 is 32.7 Å². The van der Waals surface area contributed by atoms with E-state index < -0.39 is 28.9 Å². The van der Waals surface area contributed by atoms with Crippen LogP contribution >= 0.6 is 0 Å². The molecule has 0 aromatic heterocycles. The standard InChI is InChI=1S/C18H15F2NO6/c1-11-4-3-5-13(8-11)26-17(22)7-6-12-9-15(25-2)16(27-18(19)20)10-14(12)21(23)24/h3-10,18H,1-2H3/b7-6+. The molecule has 0 aliphatic heterocycles. The molecule has 0 aliphatic rings. The zero-order chi connectivity index (χ0) is 20.0. The van der Waals surface area contributed by atoms with Gasteiger partial charge in [0.15, 0.2) is 11.5 Å². The van der Waals surface area contributed by atoms with Gasteiger partial charge in [0.25, 0.3) is 5.69 Å². The quantitative estimate of drug-likeness (QED) is 0.236. The highest BCUT2D eigenvalue weighted by Gasteiger charge is 2.20. The minimum Gasteiger partial charge on any atom is -0.493 e. The van der Waals surface area contributed by atoms with E-state index in [4.69, 9.17) is 9.47 Å². The number of esters is 1. The van der Waals surface area contributed by atoms with Crippen LogP contribution in [0.5, 0.6) is 17.2 Å². The first kappa shape index (κ1) is 19.8. The summed E-state index contributed by atoms with van der Waals surface area (Å²) in [5.74, 6) is -1.08. The monoisotopic (exact) mass is 379 g/mol. The summed E-state index contributed by atoms with van der Waals surface area (Å²) in [5, 5.41) is 11.2. The minimum absolute atomic E-state index is 0.0420. The molecule has 0 N–H and O–H groups in total. The second kappa shape index (κ2) is 8.75. The summed E-state index contributed by atoms with van der Waals surface area (Å²) >= 11 is 0. The average Bonchev–Trinajstić information content (AvgIpc) is 2.59. The number of halogens is 2. The number of aryl methyl sites for hydroxylation is 1. The highest BCUT2D eigenvalue weighted by molar-refractivity contribution is 5.89. The fourth-order valence-corrected chi connectivity index (χ4v) is 2.19. The summed E-state index contributed by atoms with van der Waals surface area (Å²) in [6.07, 6.45) is 2.11. The number of nitro groups is 1. The lowest BCUT2D eigenvalue weighted by molar-refractivity contribution is -0.385. The zero-order valence-corrected chi connectivity index (χ0v) is 14.3. The number of alkyl halides is 2. The zero-order valence-electron chi connectivity index (χ0n) is 14.3. The number of benzene rings is 2. The second-order valence-electron chi connectivity index (χ2n) is 5.27. The van der Waals surface area contributed by atoms with Crippen LogP contribution in [0.1, 0.15) is 11.1 Å². The van der Waals surface area contributed by atoms with E-state index in [1.165, 1.54) is 7.11 Å². The molecule has 2 aromatic rings. The lowest BCUT2D eigenvalue weighted by Gasteiger charge is -2.10. The fraction of sp³-hybridized carbons (Fsp3) is 0.167. The molecule has 7 nitrogen and oxygen atoms in total. The number of nitrogens with zero attached hydrogens (tertiary/aromatic N) is 1. The van der Waals surface area contributed by atoms with Gasteiger partial charge in [0.2, 0.25) is 0 Å². The molecule has 0 atom stereocenters. The number of ether oxygens (including phenoxy) is 3. The van der Waals surface area contributed by atoms with Crippen LogP contribution in [0.3, 0.4) is 0 Å². The van der Waals surface area contributed by atoms with Gasteiger partial charge in [-0.2, -0.15) is 8.78 Å². The lowest BCUT2D eigenvalue weighted by Crippen LogP contribution is -2.05. The fourth-order valence-electron chi connectivity index (χ4n) is 2.19. The van der Waals surface area contributed by atoms with Gasteiger partial charge in [-0.3, -0.25) is 10.1 Å². The number of hydrogen-bond acceptors (Lipinski definition) is 6. The van der Waals surface area contributed by atoms with E-state index in [-0.39, 0.29) is 11.3 Å². The van der Waals surface area contributed by atoms with Crippen molar-refractivity contribution in [2.75, 3.05) is 7.11 Å². The van der Waals surface area contributed by atoms with Crippen LogP contribution in [0.2, 0.25) is 0 Å². The van der Waals surface area contributed by atoms with Crippen LogP contribution in [-0.4, -0.2) is 24.6 Å². The minimum atomic E-state index is -3.18. The number of rotatable bonds is 7. The van der Waals surface area contributed by atoms with Gasteiger partial charge in [-0.1, -0.05) is 12.1 Å². The largest absolute Gasteiger partial charge is 0.493 e. The Kier molecular flexibility index (Phi) is 6.42. The molecule has 0 saturated heterocycles. The predicted octanol–water partition coefficient (Wildman–Crippen LogP) is 4.13. The van der Waals surface area contributed by atoms with E-state index in [0.29, 0.717) is 5.75 Å². The molecule has 27 heavy (non-hydrogen) atoms. The summed E-state index contributed by atoms with van der Waals surface area (Å²) in [7, 11) is 1.19. The van der Waals surface area contributed by atoms with E-state index in [1.54, 1.807) is 18.2 Å². The lowest BCUT2D eigenvalue weighted by atomic mass is 10.1. The van der Waals surface area contributed by atoms with Crippen molar-refractivity contribution in [2.24, 2.45) is 0 Å². The molecule has 142 valence electrons. The average molecular weight is 379 g/mol. The van der Waals surface area contributed by atoms with Gasteiger partial charge in [-0.25, -0.2) is 4.79 Å². The third-order valence-electron chi connectivity index (χ3n) is 3.33. The summed E-state index contributed by atoms with van der Waals surface area (Å²) in [6, 6.07) is 8.68. The topological polar surface area (TPSA) is 87.9 Å². The summed E-state index contributed by atoms with van der Waals surface area (Å²) in [4.78, 5) is 22.3. The molecule has 0 spiro atoms. The number of carbonyl (C=O) groups is 1. The van der Waals surface area contributed by atoms with Gasteiger partial charge in [0, 0.05) is 6.08 Å². The number of nitro benzene ring substituents is 1. The maximum absolute atomic E-state index is 12.4. The Labute approximate surface area is 152 Å². The number of hydrogen-bond donors (Lipinski definition) is 0. The van der Waals surface area contributed by atoms with E-state index in [9.17, 15) is 23.7 Å². The van der Waals surface area contributed by atoms with Crippen molar-refractivity contribution in [3.05, 3.63) is 63.7 Å². The van der Waals surface area contributed by atoms with Gasteiger partial charge < -0.3 is 14.2 Å². The van der Waals surface area contributed by atoms with Gasteiger partial charge >= 0.3 is 12.6 Å². The first-order chi connectivity index (χ1) is 12.8. The van der Waals surface area contributed by atoms with Gasteiger partial charge in [0.1, 0.15) is 5.75 Å². The molecular formula is C18H15F2NO6. The van der Waals surface area contributed by atoms with Crippen molar-refractivity contribution in [1.29, 1.82) is 0 Å². The Balaban J connectivity index is 2.29. The molecule has 0 amide bonds. The predicted molar refractivity (Wildman–Crippen MR) is 92.1 cm³/mol. The molecule has 2 rings (SSSR count). The Bertz CT molecular complexity index is 882. The number of methoxy groups -OCH3 is 1. The Morgan fingerprint density at radius 1 is 1.22 bits per heavy atom. The molecule has 0 radical (unpaired) electrons. The van der Waals surface area contributed by atoms with Gasteiger partial charge in [-0.15, -0.1) is 0 Å². The second-order valence-corrected chi connectivity index (χ2v) is 5.27. The van der Waals surface area contributed by atoms with Crippen molar-refractivity contribution >= 4 is 17.7 Å². The van der Waals surface area contributed by atoms with Gasteiger partial charge in [-0.05, 0) is 36.8 Å². The molecule has 0 saturated carbocycles. The third kappa shape index (κ3) is 5.50. The van der Waals surface area contributed by atoms with Crippen molar-refractivity contribution in [3.8, 4) is 17.2 Å². The van der Waals surface area contributed by atoms with Crippen molar-refractivity contribution in [3.63, 3.8) is 0 Å². The molecule has 0 bridgehead atoms. The van der Waals surface area contributed by atoms with Crippen molar-refractivity contribution in [2.45, 2.75) is 13.5 Å². The molecule has 2 aromatic carbocycles.